The van der Waals surface area contributed by atoms with E-state index >= 15 is 0 Å². The fraction of sp³-hybridized carbons (Fsp3) is 0.696. The predicted molar refractivity (Wildman–Crippen MR) is 124 cm³/mol. The lowest BCUT2D eigenvalue weighted by molar-refractivity contribution is -0.133. The topological polar surface area (TPSA) is 29.5 Å². The quantitative estimate of drug-likeness (QED) is 0.407. The molecular formula is C23H35Cl2NO2Si. The van der Waals surface area contributed by atoms with Crippen LogP contribution in [0.3, 0.4) is 0 Å². The summed E-state index contributed by atoms with van der Waals surface area (Å²) in [5.74, 6) is 0.348. The third-order valence-electron chi connectivity index (χ3n) is 6.53. The summed E-state index contributed by atoms with van der Waals surface area (Å²) in [6.45, 7) is 7.83. The summed E-state index contributed by atoms with van der Waals surface area (Å²) in [6, 6.07) is 7.21. The second-order valence-electron chi connectivity index (χ2n) is 9.37. The van der Waals surface area contributed by atoms with Crippen LogP contribution < -0.4 is 0 Å². The molecule has 0 bridgehead atoms. The molecule has 0 aromatic heterocycles. The van der Waals surface area contributed by atoms with Crippen LogP contribution in [0, 0.1) is 5.92 Å². The van der Waals surface area contributed by atoms with Gasteiger partial charge in [-0.3, -0.25) is 4.79 Å². The van der Waals surface area contributed by atoms with E-state index in [1.807, 2.05) is 12.1 Å². The number of amides is 1. The lowest BCUT2D eigenvalue weighted by Gasteiger charge is -2.38. The van der Waals surface area contributed by atoms with Crippen molar-refractivity contribution < 1.29 is 9.22 Å². The molecule has 6 heteroatoms. The number of rotatable bonds is 8. The molecule has 1 aromatic rings. The molecule has 1 aliphatic heterocycles. The third-order valence-corrected chi connectivity index (χ3v) is 9.65. The Morgan fingerprint density at radius 1 is 1.14 bits per heavy atom. The van der Waals surface area contributed by atoms with Crippen LogP contribution in [0.25, 0.3) is 0 Å². The van der Waals surface area contributed by atoms with Gasteiger partial charge in [0.2, 0.25) is 5.91 Å². The number of nitrogens with zero attached hydrogens (tertiary/aromatic N) is 1. The number of hydrogen-bond acceptors (Lipinski definition) is 2. The van der Waals surface area contributed by atoms with Crippen molar-refractivity contribution >= 4 is 37.4 Å². The van der Waals surface area contributed by atoms with E-state index in [9.17, 15) is 4.79 Å². The molecule has 0 N–H and O–H groups in total. The Hall–Kier alpha value is -0.553. The molecule has 1 saturated carbocycles. The smallest absolute Gasteiger partial charge is 0.226 e. The molecule has 1 amide bonds. The van der Waals surface area contributed by atoms with Crippen LogP contribution in [0.2, 0.25) is 29.2 Å². The minimum Gasteiger partial charge on any atom is -0.414 e. The summed E-state index contributed by atoms with van der Waals surface area (Å²) in [7, 11) is -1.54. The molecule has 162 valence electrons. The number of carbonyl (C=O) groups excluding carboxylic acids is 1. The van der Waals surface area contributed by atoms with Crippen LogP contribution in [0.1, 0.15) is 57.4 Å². The first-order chi connectivity index (χ1) is 13.8. The molecule has 29 heavy (non-hydrogen) atoms. The number of halogens is 2. The molecule has 1 unspecified atom stereocenters. The second-order valence-corrected chi connectivity index (χ2v) is 14.5. The predicted octanol–water partition coefficient (Wildman–Crippen LogP) is 6.72. The maximum absolute atomic E-state index is 13.0. The highest BCUT2D eigenvalue weighted by Gasteiger charge is 2.38. The van der Waals surface area contributed by atoms with Crippen molar-refractivity contribution in [1.82, 2.24) is 4.90 Å². The zero-order valence-electron chi connectivity index (χ0n) is 18.1. The Bertz CT molecular complexity index is 704. The summed E-state index contributed by atoms with van der Waals surface area (Å²) < 4.78 is 6.55. The maximum Gasteiger partial charge on any atom is 0.226 e. The molecular weight excluding hydrogens is 421 g/mol. The van der Waals surface area contributed by atoms with Crippen molar-refractivity contribution in [3.63, 3.8) is 0 Å². The van der Waals surface area contributed by atoms with Crippen LogP contribution in [0.15, 0.2) is 18.2 Å². The average molecular weight is 457 g/mol. The van der Waals surface area contributed by atoms with E-state index in [2.05, 4.69) is 24.9 Å². The largest absolute Gasteiger partial charge is 0.414 e. The van der Waals surface area contributed by atoms with Gasteiger partial charge in [0, 0.05) is 34.7 Å². The molecule has 0 radical (unpaired) electrons. The zero-order valence-corrected chi connectivity index (χ0v) is 20.6. The van der Waals surface area contributed by atoms with Crippen LogP contribution >= 0.6 is 23.2 Å². The minimum absolute atomic E-state index is 0.0445. The first kappa shape index (κ1) is 23.1. The average Bonchev–Trinajstić information content (AvgIpc) is 3.03. The monoisotopic (exact) mass is 455 g/mol. The summed E-state index contributed by atoms with van der Waals surface area (Å²) >= 11 is 12.3. The number of carbonyl (C=O) groups is 1. The first-order valence-electron chi connectivity index (χ1n) is 11.2. The van der Waals surface area contributed by atoms with E-state index in [0.29, 0.717) is 34.5 Å². The van der Waals surface area contributed by atoms with E-state index in [1.165, 1.54) is 18.9 Å². The van der Waals surface area contributed by atoms with Crippen molar-refractivity contribution in [2.75, 3.05) is 6.54 Å². The Labute approximate surface area is 187 Å². The normalized spacial score (nSPS) is 25.6. The molecule has 1 atom stereocenters. The second kappa shape index (κ2) is 10.2. The molecule has 0 spiro atoms. The molecule has 1 saturated heterocycles. The molecule has 2 aliphatic rings. The molecule has 2 fully saturated rings. The van der Waals surface area contributed by atoms with E-state index in [0.717, 1.165) is 44.2 Å². The van der Waals surface area contributed by atoms with Gasteiger partial charge in [-0.15, -0.1) is 0 Å². The Balaban J connectivity index is 1.49. The standard InChI is InChI=1S/C23H35Cl2NO2Si/c1-4-5-14-29(2,3)28-21-10-8-20(9-11-21)26-13-12-18(23(26)27)15-17-6-7-19(24)16-22(17)25/h6-7,16,18,20-21H,4-5,8-15H2,1-3H3. The zero-order chi connectivity index (χ0) is 21.0. The fourth-order valence-electron chi connectivity index (χ4n) is 4.86. The molecule has 1 heterocycles. The van der Waals surface area contributed by atoms with Gasteiger partial charge < -0.3 is 9.33 Å². The van der Waals surface area contributed by atoms with Gasteiger partial charge in [0.15, 0.2) is 8.32 Å². The SMILES string of the molecule is CCCC[Si](C)(C)OC1CCC(N2CCC(Cc3ccc(Cl)cc3Cl)C2=O)CC1. The molecule has 1 aromatic carbocycles. The van der Waals surface area contributed by atoms with Crippen molar-refractivity contribution in [3.8, 4) is 0 Å². The fourth-order valence-corrected chi connectivity index (χ4v) is 7.80. The summed E-state index contributed by atoms with van der Waals surface area (Å²) in [6.07, 6.45) is 8.86. The number of unbranched alkanes of at least 4 members (excludes halogenated alkanes) is 1. The van der Waals surface area contributed by atoms with Gasteiger partial charge in [-0.2, -0.15) is 0 Å². The molecule has 3 rings (SSSR count). The highest BCUT2D eigenvalue weighted by molar-refractivity contribution is 6.71. The highest BCUT2D eigenvalue weighted by Crippen LogP contribution is 2.34. The minimum atomic E-state index is -1.54. The number of hydrogen-bond donors (Lipinski definition) is 0. The van der Waals surface area contributed by atoms with Crippen LogP contribution in [-0.2, 0) is 15.6 Å². The van der Waals surface area contributed by atoms with Gasteiger partial charge in [0.05, 0.1) is 0 Å². The van der Waals surface area contributed by atoms with Crippen molar-refractivity contribution in [2.24, 2.45) is 5.92 Å². The van der Waals surface area contributed by atoms with Gasteiger partial charge in [-0.1, -0.05) is 49.0 Å². The van der Waals surface area contributed by atoms with Gasteiger partial charge in [-0.05, 0) is 75.4 Å². The Morgan fingerprint density at radius 2 is 1.86 bits per heavy atom. The first-order valence-corrected chi connectivity index (χ1v) is 15.1. The van der Waals surface area contributed by atoms with Gasteiger partial charge in [0.25, 0.3) is 0 Å². The lowest BCUT2D eigenvalue weighted by Crippen LogP contribution is -2.43. The van der Waals surface area contributed by atoms with Crippen LogP contribution in [0.5, 0.6) is 0 Å². The van der Waals surface area contributed by atoms with E-state index in [1.54, 1.807) is 6.07 Å². The van der Waals surface area contributed by atoms with E-state index < -0.39 is 8.32 Å². The van der Waals surface area contributed by atoms with E-state index in [4.69, 9.17) is 27.6 Å². The molecule has 1 aliphatic carbocycles. The van der Waals surface area contributed by atoms with Crippen molar-refractivity contribution in [2.45, 2.75) is 89.6 Å². The Kier molecular flexibility index (Phi) is 8.11. The summed E-state index contributed by atoms with van der Waals surface area (Å²) in [4.78, 5) is 15.2. The van der Waals surface area contributed by atoms with Crippen molar-refractivity contribution in [3.05, 3.63) is 33.8 Å². The number of benzene rings is 1. The van der Waals surface area contributed by atoms with Crippen molar-refractivity contribution in [1.29, 1.82) is 0 Å². The maximum atomic E-state index is 13.0. The Morgan fingerprint density at radius 3 is 2.52 bits per heavy atom. The highest BCUT2D eigenvalue weighted by atomic mass is 35.5. The van der Waals surface area contributed by atoms with Gasteiger partial charge >= 0.3 is 0 Å². The molecule has 3 nitrogen and oxygen atoms in total. The van der Waals surface area contributed by atoms with Gasteiger partial charge in [0.1, 0.15) is 0 Å². The van der Waals surface area contributed by atoms with E-state index in [-0.39, 0.29) is 5.92 Å². The van der Waals surface area contributed by atoms with Crippen LogP contribution in [-0.4, -0.2) is 37.8 Å². The summed E-state index contributed by atoms with van der Waals surface area (Å²) in [5.41, 5.74) is 1.02. The van der Waals surface area contributed by atoms with Crippen LogP contribution in [0.4, 0.5) is 0 Å². The third kappa shape index (κ3) is 6.22. The number of likely N-dealkylation sites (tertiary alicyclic amines) is 1. The van der Waals surface area contributed by atoms with Gasteiger partial charge in [-0.25, -0.2) is 0 Å². The lowest BCUT2D eigenvalue weighted by atomic mass is 9.92. The summed E-state index contributed by atoms with van der Waals surface area (Å²) in [5, 5.41) is 1.30.